The molecule has 15 heteroatoms. The third-order valence-corrected chi connectivity index (χ3v) is 5.69. The van der Waals surface area contributed by atoms with Crippen molar-refractivity contribution in [3.05, 3.63) is 12.7 Å². The molecule has 0 saturated carbocycles. The standard InChI is InChI=1S/C15H19N6O8P/c1-17-8(22)2-3-9(23)28-12-11-7(4-26-30(24,25)29-11)27-15(12)21-6-20-10-13(16)18-5-19-14(10)21/h5-7,11-12,15H,2-4H2,1H3,(H,17,22)(H,24,25)(H2,16,18,19). The Kier molecular flexibility index (Phi) is 5.42. The molecule has 5 unspecified atom stereocenters. The number of carbonyl (C=O) groups excluding carboxylic acids is 2. The minimum absolute atomic E-state index is 0.0815. The van der Waals surface area contributed by atoms with Crippen molar-refractivity contribution in [1.29, 1.82) is 0 Å². The molecule has 30 heavy (non-hydrogen) atoms. The first-order valence-corrected chi connectivity index (χ1v) is 10.4. The summed E-state index contributed by atoms with van der Waals surface area (Å²) in [7, 11) is -2.89. The Balaban J connectivity index is 1.63. The molecule has 2 fully saturated rings. The number of ether oxygens (including phenoxy) is 2. The van der Waals surface area contributed by atoms with Gasteiger partial charge in [0.05, 0.1) is 19.4 Å². The van der Waals surface area contributed by atoms with Gasteiger partial charge in [-0.25, -0.2) is 19.5 Å². The van der Waals surface area contributed by atoms with Gasteiger partial charge in [0.1, 0.15) is 24.1 Å². The number of phosphoric acid groups is 1. The van der Waals surface area contributed by atoms with Crippen LogP contribution in [-0.2, 0) is 32.7 Å². The average Bonchev–Trinajstić information content (AvgIpc) is 3.28. The fraction of sp³-hybridized carbons (Fsp3) is 0.533. The molecule has 0 aliphatic carbocycles. The predicted molar refractivity (Wildman–Crippen MR) is 97.5 cm³/mol. The molecule has 0 spiro atoms. The molecule has 1 amide bonds. The van der Waals surface area contributed by atoms with Gasteiger partial charge in [0.15, 0.2) is 23.8 Å². The van der Waals surface area contributed by atoms with Crippen molar-refractivity contribution in [1.82, 2.24) is 24.8 Å². The van der Waals surface area contributed by atoms with Gasteiger partial charge in [-0.05, 0) is 0 Å². The fourth-order valence-corrected chi connectivity index (χ4v) is 4.24. The fourth-order valence-electron chi connectivity index (χ4n) is 3.28. The number of carbonyl (C=O) groups is 2. The van der Waals surface area contributed by atoms with Crippen molar-refractivity contribution in [2.24, 2.45) is 0 Å². The van der Waals surface area contributed by atoms with Crippen LogP contribution in [0.25, 0.3) is 11.2 Å². The van der Waals surface area contributed by atoms with Crippen molar-refractivity contribution in [2.75, 3.05) is 19.4 Å². The SMILES string of the molecule is CNC(=O)CCC(=O)OC1C2OP(=O)(O)OCC2OC1n1cnc2c(N)ncnc21. The Bertz CT molecular complexity index is 1030. The van der Waals surface area contributed by atoms with Crippen LogP contribution in [0.1, 0.15) is 19.1 Å². The molecule has 14 nitrogen and oxygen atoms in total. The highest BCUT2D eigenvalue weighted by Crippen LogP contribution is 2.53. The number of nitrogens with two attached hydrogens (primary N) is 1. The molecule has 0 bridgehead atoms. The second-order valence-corrected chi connectivity index (χ2v) is 8.02. The van der Waals surface area contributed by atoms with Crippen LogP contribution < -0.4 is 11.1 Å². The summed E-state index contributed by atoms with van der Waals surface area (Å²) in [5, 5.41) is 2.41. The van der Waals surface area contributed by atoms with Crippen molar-refractivity contribution in [3.63, 3.8) is 0 Å². The van der Waals surface area contributed by atoms with Gasteiger partial charge in [0.2, 0.25) is 5.91 Å². The van der Waals surface area contributed by atoms with E-state index in [4.69, 9.17) is 24.3 Å². The maximum atomic E-state index is 12.3. The molecule has 0 aromatic carbocycles. The zero-order valence-electron chi connectivity index (χ0n) is 15.7. The molecular weight excluding hydrogens is 423 g/mol. The van der Waals surface area contributed by atoms with E-state index in [1.165, 1.54) is 24.3 Å². The van der Waals surface area contributed by atoms with E-state index < -0.39 is 38.3 Å². The molecule has 2 aromatic heterocycles. The van der Waals surface area contributed by atoms with Gasteiger partial charge in [-0.15, -0.1) is 0 Å². The molecule has 2 aliphatic rings. The number of nitrogens with zero attached hydrogens (tertiary/aromatic N) is 4. The van der Waals surface area contributed by atoms with Crippen LogP contribution in [0.5, 0.6) is 0 Å². The van der Waals surface area contributed by atoms with Crippen LogP contribution in [-0.4, -0.2) is 68.3 Å². The van der Waals surface area contributed by atoms with Gasteiger partial charge < -0.3 is 25.4 Å². The number of esters is 1. The minimum atomic E-state index is -4.34. The van der Waals surface area contributed by atoms with Crippen LogP contribution >= 0.6 is 7.82 Å². The molecule has 0 radical (unpaired) electrons. The van der Waals surface area contributed by atoms with E-state index in [2.05, 4.69) is 20.3 Å². The van der Waals surface area contributed by atoms with E-state index in [9.17, 15) is 19.0 Å². The second-order valence-electron chi connectivity index (χ2n) is 6.61. The van der Waals surface area contributed by atoms with Gasteiger partial charge in [-0.3, -0.25) is 23.2 Å². The first kappa shape index (κ1) is 20.6. The monoisotopic (exact) mass is 442 g/mol. The highest BCUT2D eigenvalue weighted by Gasteiger charge is 2.55. The number of anilines is 1. The number of aromatic nitrogens is 4. The Morgan fingerprint density at radius 1 is 1.40 bits per heavy atom. The lowest BCUT2D eigenvalue weighted by Gasteiger charge is -2.29. The van der Waals surface area contributed by atoms with Crippen LogP contribution in [0.2, 0.25) is 0 Å². The molecule has 2 saturated heterocycles. The zero-order chi connectivity index (χ0) is 21.5. The van der Waals surface area contributed by atoms with Gasteiger partial charge in [0, 0.05) is 13.5 Å². The highest BCUT2D eigenvalue weighted by atomic mass is 31.2. The number of hydrogen-bond donors (Lipinski definition) is 3. The van der Waals surface area contributed by atoms with Gasteiger partial charge >= 0.3 is 13.8 Å². The minimum Gasteiger partial charge on any atom is -0.455 e. The number of hydrogen-bond acceptors (Lipinski definition) is 11. The summed E-state index contributed by atoms with van der Waals surface area (Å²) in [5.41, 5.74) is 6.43. The third-order valence-electron chi connectivity index (χ3n) is 4.71. The smallest absolute Gasteiger partial charge is 0.455 e. The maximum absolute atomic E-state index is 12.3. The summed E-state index contributed by atoms with van der Waals surface area (Å²) in [6.07, 6.45) is -1.67. The molecule has 4 rings (SSSR count). The number of nitrogens with one attached hydrogen (secondary N) is 1. The first-order chi connectivity index (χ1) is 14.3. The zero-order valence-corrected chi connectivity index (χ0v) is 16.6. The van der Waals surface area contributed by atoms with E-state index in [0.717, 1.165) is 0 Å². The molecular formula is C15H19N6O8P. The topological polar surface area (TPSA) is 190 Å². The molecule has 5 atom stereocenters. The van der Waals surface area contributed by atoms with Gasteiger partial charge in [0.25, 0.3) is 0 Å². The molecule has 4 heterocycles. The normalized spacial score (nSPS) is 30.7. The number of fused-ring (bicyclic) bond motifs is 2. The summed E-state index contributed by atoms with van der Waals surface area (Å²) in [6, 6.07) is 0. The predicted octanol–water partition coefficient (Wildman–Crippen LogP) is -0.740. The summed E-state index contributed by atoms with van der Waals surface area (Å²) in [4.78, 5) is 45.6. The number of rotatable bonds is 5. The third kappa shape index (κ3) is 3.87. The van der Waals surface area contributed by atoms with Gasteiger partial charge in [-0.2, -0.15) is 0 Å². The van der Waals surface area contributed by atoms with E-state index in [-0.39, 0.29) is 31.2 Å². The quantitative estimate of drug-likeness (QED) is 0.389. The van der Waals surface area contributed by atoms with E-state index >= 15 is 0 Å². The van der Waals surface area contributed by atoms with Crippen molar-refractivity contribution in [2.45, 2.75) is 37.4 Å². The summed E-state index contributed by atoms with van der Waals surface area (Å²) < 4.78 is 34.7. The molecule has 4 N–H and O–H groups in total. The summed E-state index contributed by atoms with van der Waals surface area (Å²) >= 11 is 0. The molecule has 2 aromatic rings. The second kappa shape index (κ2) is 7.89. The Labute approximate surface area is 169 Å². The van der Waals surface area contributed by atoms with Crippen LogP contribution in [0, 0.1) is 0 Å². The van der Waals surface area contributed by atoms with E-state index in [0.29, 0.717) is 11.2 Å². The van der Waals surface area contributed by atoms with Crippen molar-refractivity contribution in [3.8, 4) is 0 Å². The lowest BCUT2D eigenvalue weighted by Crippen LogP contribution is -2.41. The number of amides is 1. The van der Waals surface area contributed by atoms with Crippen molar-refractivity contribution < 1.29 is 37.6 Å². The molecule has 2 aliphatic heterocycles. The van der Waals surface area contributed by atoms with Crippen molar-refractivity contribution >= 4 is 36.7 Å². The number of nitrogen functional groups attached to an aromatic ring is 1. The largest absolute Gasteiger partial charge is 0.472 e. The first-order valence-electron chi connectivity index (χ1n) is 8.93. The summed E-state index contributed by atoms with van der Waals surface area (Å²) in [5.74, 6) is -0.897. The van der Waals surface area contributed by atoms with Crippen LogP contribution in [0.4, 0.5) is 5.82 Å². The van der Waals surface area contributed by atoms with Crippen LogP contribution in [0.15, 0.2) is 12.7 Å². The Morgan fingerprint density at radius 3 is 2.97 bits per heavy atom. The summed E-state index contributed by atoms with van der Waals surface area (Å²) in [6.45, 7) is -0.245. The van der Waals surface area contributed by atoms with Crippen LogP contribution in [0.3, 0.4) is 0 Å². The lowest BCUT2D eigenvalue weighted by atomic mass is 10.1. The van der Waals surface area contributed by atoms with E-state index in [1.54, 1.807) is 0 Å². The molecule has 162 valence electrons. The number of phosphoric ester groups is 1. The van der Waals surface area contributed by atoms with E-state index in [1.807, 2.05) is 0 Å². The lowest BCUT2D eigenvalue weighted by molar-refractivity contribution is -0.159. The average molecular weight is 442 g/mol. The number of imidazole rings is 1. The van der Waals surface area contributed by atoms with Gasteiger partial charge in [-0.1, -0.05) is 0 Å². The Hall–Kier alpha value is -2.64. The maximum Gasteiger partial charge on any atom is 0.472 e. The Morgan fingerprint density at radius 2 is 2.20 bits per heavy atom. The highest BCUT2D eigenvalue weighted by molar-refractivity contribution is 7.47.